The largest absolute Gasteiger partial charge is 0.322 e. The summed E-state index contributed by atoms with van der Waals surface area (Å²) in [5.74, 6) is -0.740. The van der Waals surface area contributed by atoms with E-state index < -0.39 is 6.04 Å². The van der Waals surface area contributed by atoms with Crippen LogP contribution < -0.4 is 10.6 Å². The summed E-state index contributed by atoms with van der Waals surface area (Å²) in [5, 5.41) is 5.59. The number of benzene rings is 1. The SMILES string of the molecule is CN(Cc1ccc2c(c1)C(=O)N(C1CCC(=O)NC1=O)C2)C1CNC1. The van der Waals surface area contributed by atoms with Gasteiger partial charge in [0.05, 0.1) is 0 Å². The Morgan fingerprint density at radius 3 is 2.72 bits per heavy atom. The third-order valence-corrected chi connectivity index (χ3v) is 5.41. The third-order valence-electron chi connectivity index (χ3n) is 5.41. The smallest absolute Gasteiger partial charge is 0.255 e. The lowest BCUT2D eigenvalue weighted by Crippen LogP contribution is -2.55. The molecular formula is C18H22N4O3. The quantitative estimate of drug-likeness (QED) is 0.744. The van der Waals surface area contributed by atoms with E-state index in [0.717, 1.165) is 30.8 Å². The summed E-state index contributed by atoms with van der Waals surface area (Å²) in [6.07, 6.45) is 0.677. The Morgan fingerprint density at radius 1 is 1.24 bits per heavy atom. The number of hydrogen-bond acceptors (Lipinski definition) is 5. The van der Waals surface area contributed by atoms with Crippen molar-refractivity contribution in [2.75, 3.05) is 20.1 Å². The standard InChI is InChI=1S/C18H22N4O3/c1-21(13-7-19-8-13)9-11-2-3-12-10-22(18(25)14(12)6-11)15-4-5-16(23)20-17(15)24/h2-3,6,13,15,19H,4-5,7-10H2,1H3,(H,20,23,24). The van der Waals surface area contributed by atoms with E-state index in [9.17, 15) is 14.4 Å². The van der Waals surface area contributed by atoms with Crippen LogP contribution in [0.3, 0.4) is 0 Å². The molecular weight excluding hydrogens is 320 g/mol. The molecule has 0 aromatic heterocycles. The fraction of sp³-hybridized carbons (Fsp3) is 0.500. The van der Waals surface area contributed by atoms with Gasteiger partial charge in [0.1, 0.15) is 6.04 Å². The molecule has 0 saturated carbocycles. The number of nitrogens with one attached hydrogen (secondary N) is 2. The average Bonchev–Trinajstić information content (AvgIpc) is 2.82. The van der Waals surface area contributed by atoms with Crippen molar-refractivity contribution < 1.29 is 14.4 Å². The zero-order valence-corrected chi connectivity index (χ0v) is 14.2. The molecule has 2 N–H and O–H groups in total. The number of hydrogen-bond donors (Lipinski definition) is 2. The molecule has 4 rings (SSSR count). The van der Waals surface area contributed by atoms with E-state index in [1.807, 2.05) is 12.1 Å². The van der Waals surface area contributed by atoms with Crippen LogP contribution in [0.15, 0.2) is 18.2 Å². The van der Waals surface area contributed by atoms with E-state index in [4.69, 9.17) is 0 Å². The zero-order chi connectivity index (χ0) is 17.6. The number of piperidine rings is 1. The lowest BCUT2D eigenvalue weighted by Gasteiger charge is -2.35. The van der Waals surface area contributed by atoms with Crippen LogP contribution >= 0.6 is 0 Å². The maximum atomic E-state index is 12.8. The Balaban J connectivity index is 1.49. The molecule has 1 unspecified atom stereocenters. The van der Waals surface area contributed by atoms with Gasteiger partial charge in [-0.05, 0) is 30.7 Å². The van der Waals surface area contributed by atoms with Crippen molar-refractivity contribution in [1.82, 2.24) is 20.4 Å². The number of fused-ring (bicyclic) bond motifs is 1. The van der Waals surface area contributed by atoms with Gasteiger partial charge >= 0.3 is 0 Å². The highest BCUT2D eigenvalue weighted by Gasteiger charge is 2.39. The fourth-order valence-corrected chi connectivity index (χ4v) is 3.70. The van der Waals surface area contributed by atoms with Gasteiger partial charge in [0.15, 0.2) is 0 Å². The summed E-state index contributed by atoms with van der Waals surface area (Å²) in [4.78, 5) is 40.1. The Bertz CT molecular complexity index is 744. The molecule has 1 aromatic rings. The van der Waals surface area contributed by atoms with Gasteiger partial charge in [-0.1, -0.05) is 12.1 Å². The van der Waals surface area contributed by atoms with Crippen LogP contribution in [0.2, 0.25) is 0 Å². The van der Waals surface area contributed by atoms with E-state index in [0.29, 0.717) is 24.6 Å². The first-order chi connectivity index (χ1) is 12.0. The molecule has 3 heterocycles. The first-order valence-electron chi connectivity index (χ1n) is 8.70. The van der Waals surface area contributed by atoms with E-state index in [2.05, 4.69) is 28.6 Å². The first kappa shape index (κ1) is 16.2. The lowest BCUT2D eigenvalue weighted by molar-refractivity contribution is -0.136. The van der Waals surface area contributed by atoms with E-state index >= 15 is 0 Å². The first-order valence-corrected chi connectivity index (χ1v) is 8.70. The second-order valence-corrected chi connectivity index (χ2v) is 7.12. The van der Waals surface area contributed by atoms with Gasteiger partial charge < -0.3 is 10.2 Å². The Kier molecular flexibility index (Phi) is 4.05. The highest BCUT2D eigenvalue weighted by atomic mass is 16.2. The van der Waals surface area contributed by atoms with Gasteiger partial charge in [0, 0.05) is 44.2 Å². The average molecular weight is 342 g/mol. The van der Waals surface area contributed by atoms with E-state index in [1.165, 1.54) is 0 Å². The minimum absolute atomic E-state index is 0.112. The molecule has 0 bridgehead atoms. The fourth-order valence-electron chi connectivity index (χ4n) is 3.70. The molecule has 3 aliphatic rings. The lowest BCUT2D eigenvalue weighted by atomic mass is 10.0. The zero-order valence-electron chi connectivity index (χ0n) is 14.2. The van der Waals surface area contributed by atoms with Crippen LogP contribution in [-0.2, 0) is 22.7 Å². The number of amides is 3. The monoisotopic (exact) mass is 342 g/mol. The van der Waals surface area contributed by atoms with Crippen LogP contribution in [0.5, 0.6) is 0 Å². The Hall–Kier alpha value is -2.25. The van der Waals surface area contributed by atoms with Crippen molar-refractivity contribution >= 4 is 17.7 Å². The second kappa shape index (κ2) is 6.24. The van der Waals surface area contributed by atoms with E-state index in [1.54, 1.807) is 4.90 Å². The van der Waals surface area contributed by atoms with Crippen LogP contribution in [0, 0.1) is 0 Å². The molecule has 1 aromatic carbocycles. The highest BCUT2D eigenvalue weighted by molar-refractivity contribution is 6.05. The summed E-state index contributed by atoms with van der Waals surface area (Å²) in [6, 6.07) is 5.99. The molecule has 0 radical (unpaired) electrons. The van der Waals surface area contributed by atoms with Crippen LogP contribution in [0.4, 0.5) is 0 Å². The minimum atomic E-state index is -0.551. The molecule has 2 fully saturated rings. The summed E-state index contributed by atoms with van der Waals surface area (Å²) in [7, 11) is 2.09. The molecule has 3 amide bonds. The van der Waals surface area contributed by atoms with Crippen LogP contribution in [0.1, 0.15) is 34.3 Å². The Morgan fingerprint density at radius 2 is 2.04 bits per heavy atom. The number of nitrogens with zero attached hydrogens (tertiary/aromatic N) is 2. The van der Waals surface area contributed by atoms with Crippen molar-refractivity contribution in [3.8, 4) is 0 Å². The maximum Gasteiger partial charge on any atom is 0.255 e. The molecule has 7 nitrogen and oxygen atoms in total. The number of carbonyl (C=O) groups excluding carboxylic acids is 3. The minimum Gasteiger partial charge on any atom is -0.322 e. The summed E-state index contributed by atoms with van der Waals surface area (Å²) in [5.41, 5.74) is 2.74. The Labute approximate surface area is 146 Å². The number of imide groups is 1. The van der Waals surface area contributed by atoms with Crippen LogP contribution in [0.25, 0.3) is 0 Å². The topological polar surface area (TPSA) is 81.8 Å². The highest BCUT2D eigenvalue weighted by Crippen LogP contribution is 2.28. The molecule has 7 heteroatoms. The van der Waals surface area contributed by atoms with E-state index in [-0.39, 0.29) is 24.1 Å². The molecule has 2 saturated heterocycles. The van der Waals surface area contributed by atoms with Gasteiger partial charge in [0.2, 0.25) is 11.8 Å². The normalized spacial score (nSPS) is 23.7. The third kappa shape index (κ3) is 2.94. The molecule has 0 aliphatic carbocycles. The van der Waals surface area contributed by atoms with Crippen molar-refractivity contribution in [2.24, 2.45) is 0 Å². The number of rotatable bonds is 4. The molecule has 3 aliphatic heterocycles. The summed E-state index contributed by atoms with van der Waals surface area (Å²) < 4.78 is 0. The number of carbonyl (C=O) groups is 3. The number of likely N-dealkylation sites (N-methyl/N-ethyl adjacent to an activating group) is 1. The van der Waals surface area contributed by atoms with Gasteiger partial charge in [-0.2, -0.15) is 0 Å². The van der Waals surface area contributed by atoms with Crippen molar-refractivity contribution in [3.05, 3.63) is 34.9 Å². The van der Waals surface area contributed by atoms with Gasteiger partial charge in [-0.25, -0.2) is 0 Å². The van der Waals surface area contributed by atoms with Crippen molar-refractivity contribution in [2.45, 2.75) is 38.0 Å². The van der Waals surface area contributed by atoms with Crippen molar-refractivity contribution in [1.29, 1.82) is 0 Å². The van der Waals surface area contributed by atoms with Crippen LogP contribution in [-0.4, -0.2) is 59.7 Å². The van der Waals surface area contributed by atoms with Crippen molar-refractivity contribution in [3.63, 3.8) is 0 Å². The van der Waals surface area contributed by atoms with Gasteiger partial charge in [-0.15, -0.1) is 0 Å². The maximum absolute atomic E-state index is 12.8. The summed E-state index contributed by atoms with van der Waals surface area (Å²) in [6.45, 7) is 3.24. The predicted octanol–water partition coefficient (Wildman–Crippen LogP) is -0.149. The molecule has 0 spiro atoms. The molecule has 1 atom stereocenters. The molecule has 132 valence electrons. The second-order valence-electron chi connectivity index (χ2n) is 7.12. The molecule has 25 heavy (non-hydrogen) atoms. The predicted molar refractivity (Wildman–Crippen MR) is 90.6 cm³/mol. The van der Waals surface area contributed by atoms with Gasteiger partial charge in [0.25, 0.3) is 5.91 Å². The van der Waals surface area contributed by atoms with Gasteiger partial charge in [-0.3, -0.25) is 24.6 Å². The summed E-state index contributed by atoms with van der Waals surface area (Å²) >= 11 is 0.